The lowest BCUT2D eigenvalue weighted by Gasteiger charge is -2.17. The van der Waals surface area contributed by atoms with E-state index in [1.807, 2.05) is 50.2 Å². The Hall–Kier alpha value is -2.54. The Morgan fingerprint density at radius 3 is 2.62 bits per heavy atom. The molecule has 2 rings (SSSR count). The summed E-state index contributed by atoms with van der Waals surface area (Å²) in [5, 5.41) is 8.13. The molecule has 0 aliphatic carbocycles. The summed E-state index contributed by atoms with van der Waals surface area (Å²) in [6, 6.07) is 12.3. The number of anilines is 1. The zero-order valence-corrected chi connectivity index (χ0v) is 16.5. The predicted octanol–water partition coefficient (Wildman–Crippen LogP) is 3.77. The summed E-state index contributed by atoms with van der Waals surface area (Å²) < 4.78 is 6.23. The van der Waals surface area contributed by atoms with Crippen LogP contribution >= 0.6 is 15.9 Å². The standard InChI is InChI=1S/C19H22BrN3O3/c1-12-10-14(20)8-9-16(12)23-18(24)11-21-19(25)22-13(2)15-6-4-5-7-17(15)26-3/h4-10,13H,11H2,1-3H3,(H,23,24)(H2,21,22,25)/t13-/m1/s1. The third-order valence-electron chi connectivity index (χ3n) is 3.83. The maximum absolute atomic E-state index is 12.0. The minimum Gasteiger partial charge on any atom is -0.496 e. The molecular weight excluding hydrogens is 398 g/mol. The van der Waals surface area contributed by atoms with Crippen LogP contribution in [0.25, 0.3) is 0 Å². The van der Waals surface area contributed by atoms with Crippen LogP contribution in [0.5, 0.6) is 5.75 Å². The second-order valence-electron chi connectivity index (χ2n) is 5.80. The van der Waals surface area contributed by atoms with Gasteiger partial charge >= 0.3 is 6.03 Å². The van der Waals surface area contributed by atoms with Crippen molar-refractivity contribution in [3.63, 3.8) is 0 Å². The van der Waals surface area contributed by atoms with Crippen LogP contribution in [0, 0.1) is 6.92 Å². The van der Waals surface area contributed by atoms with Gasteiger partial charge in [-0.2, -0.15) is 0 Å². The zero-order valence-electron chi connectivity index (χ0n) is 14.9. The number of rotatable bonds is 6. The lowest BCUT2D eigenvalue weighted by atomic mass is 10.1. The molecule has 0 saturated carbocycles. The first kappa shape index (κ1) is 19.8. The highest BCUT2D eigenvalue weighted by Crippen LogP contribution is 2.24. The topological polar surface area (TPSA) is 79.5 Å². The number of carbonyl (C=O) groups is 2. The highest BCUT2D eigenvalue weighted by Gasteiger charge is 2.14. The van der Waals surface area contributed by atoms with Crippen LogP contribution in [0.4, 0.5) is 10.5 Å². The van der Waals surface area contributed by atoms with E-state index in [2.05, 4.69) is 31.9 Å². The smallest absolute Gasteiger partial charge is 0.315 e. The average molecular weight is 420 g/mol. The van der Waals surface area contributed by atoms with E-state index in [-0.39, 0.29) is 18.5 Å². The second-order valence-corrected chi connectivity index (χ2v) is 6.71. The maximum Gasteiger partial charge on any atom is 0.315 e. The van der Waals surface area contributed by atoms with Crippen molar-refractivity contribution in [3.8, 4) is 5.75 Å². The number of aryl methyl sites for hydroxylation is 1. The molecule has 0 bridgehead atoms. The fourth-order valence-corrected chi connectivity index (χ4v) is 2.95. The van der Waals surface area contributed by atoms with Crippen LogP contribution in [0.2, 0.25) is 0 Å². The zero-order chi connectivity index (χ0) is 19.1. The molecule has 1 atom stereocenters. The molecule has 6 nitrogen and oxygen atoms in total. The fourth-order valence-electron chi connectivity index (χ4n) is 2.47. The Morgan fingerprint density at radius 2 is 1.92 bits per heavy atom. The van der Waals surface area contributed by atoms with Gasteiger partial charge in [-0.05, 0) is 43.7 Å². The van der Waals surface area contributed by atoms with Gasteiger partial charge in [0.05, 0.1) is 19.7 Å². The number of urea groups is 1. The lowest BCUT2D eigenvalue weighted by molar-refractivity contribution is -0.115. The summed E-state index contributed by atoms with van der Waals surface area (Å²) in [7, 11) is 1.58. The van der Waals surface area contributed by atoms with E-state index in [1.165, 1.54) is 0 Å². The molecule has 7 heteroatoms. The van der Waals surface area contributed by atoms with Crippen LogP contribution in [-0.4, -0.2) is 25.6 Å². The van der Waals surface area contributed by atoms with E-state index >= 15 is 0 Å². The molecule has 26 heavy (non-hydrogen) atoms. The van der Waals surface area contributed by atoms with Gasteiger partial charge in [0.1, 0.15) is 5.75 Å². The lowest BCUT2D eigenvalue weighted by Crippen LogP contribution is -2.41. The number of amides is 3. The van der Waals surface area contributed by atoms with E-state index < -0.39 is 6.03 Å². The SMILES string of the molecule is COc1ccccc1[C@@H](C)NC(=O)NCC(=O)Nc1ccc(Br)cc1C. The van der Waals surface area contributed by atoms with Gasteiger partial charge in [0.15, 0.2) is 0 Å². The number of benzene rings is 2. The van der Waals surface area contributed by atoms with Crippen LogP contribution < -0.4 is 20.7 Å². The van der Waals surface area contributed by atoms with Crippen molar-refractivity contribution in [1.82, 2.24) is 10.6 Å². The molecule has 2 aromatic rings. The highest BCUT2D eigenvalue weighted by molar-refractivity contribution is 9.10. The molecule has 2 aromatic carbocycles. The molecule has 0 unspecified atom stereocenters. The van der Waals surface area contributed by atoms with Crippen LogP contribution in [0.1, 0.15) is 24.1 Å². The fraction of sp³-hybridized carbons (Fsp3) is 0.263. The Labute approximate surface area is 161 Å². The predicted molar refractivity (Wildman–Crippen MR) is 105 cm³/mol. The molecule has 138 valence electrons. The molecule has 0 spiro atoms. The Kier molecular flexibility index (Phi) is 7.03. The van der Waals surface area contributed by atoms with Crippen molar-refractivity contribution in [2.75, 3.05) is 19.0 Å². The van der Waals surface area contributed by atoms with Crippen LogP contribution in [-0.2, 0) is 4.79 Å². The Bertz CT molecular complexity index is 795. The molecule has 3 amide bonds. The number of hydrogen-bond acceptors (Lipinski definition) is 3. The highest BCUT2D eigenvalue weighted by atomic mass is 79.9. The molecule has 3 N–H and O–H groups in total. The van der Waals surface area contributed by atoms with Crippen molar-refractivity contribution in [3.05, 3.63) is 58.1 Å². The third-order valence-corrected chi connectivity index (χ3v) is 4.32. The van der Waals surface area contributed by atoms with Crippen molar-refractivity contribution < 1.29 is 14.3 Å². The summed E-state index contributed by atoms with van der Waals surface area (Å²) in [5.41, 5.74) is 2.50. The first-order chi connectivity index (χ1) is 12.4. The molecule has 0 saturated heterocycles. The first-order valence-electron chi connectivity index (χ1n) is 8.14. The number of halogens is 1. The first-order valence-corrected chi connectivity index (χ1v) is 8.93. The number of carbonyl (C=O) groups excluding carboxylic acids is 2. The van der Waals surface area contributed by atoms with E-state index in [1.54, 1.807) is 13.2 Å². The summed E-state index contributed by atoms with van der Waals surface area (Å²) in [6.45, 7) is 3.62. The van der Waals surface area contributed by atoms with Gasteiger partial charge in [0, 0.05) is 15.7 Å². The van der Waals surface area contributed by atoms with Gasteiger partial charge in [-0.15, -0.1) is 0 Å². The van der Waals surface area contributed by atoms with Gasteiger partial charge in [-0.3, -0.25) is 4.79 Å². The third kappa shape index (κ3) is 5.49. The summed E-state index contributed by atoms with van der Waals surface area (Å²) >= 11 is 3.38. The largest absolute Gasteiger partial charge is 0.496 e. The second kappa shape index (κ2) is 9.24. The monoisotopic (exact) mass is 419 g/mol. The molecule has 0 fully saturated rings. The Balaban J connectivity index is 1.85. The summed E-state index contributed by atoms with van der Waals surface area (Å²) in [5.74, 6) is 0.402. The molecular formula is C19H22BrN3O3. The van der Waals surface area contributed by atoms with Crippen molar-refractivity contribution in [2.24, 2.45) is 0 Å². The molecule has 0 heterocycles. The molecule has 0 radical (unpaired) electrons. The Morgan fingerprint density at radius 1 is 1.19 bits per heavy atom. The molecule has 0 aliphatic rings. The van der Waals surface area contributed by atoms with Crippen LogP contribution in [0.3, 0.4) is 0 Å². The number of nitrogens with one attached hydrogen (secondary N) is 3. The molecule has 0 aliphatic heterocycles. The minimum atomic E-state index is -0.425. The van der Waals surface area contributed by atoms with Gasteiger partial charge in [-0.1, -0.05) is 34.1 Å². The van der Waals surface area contributed by atoms with Crippen molar-refractivity contribution in [1.29, 1.82) is 0 Å². The quantitative estimate of drug-likeness (QED) is 0.666. The van der Waals surface area contributed by atoms with Gasteiger partial charge in [0.2, 0.25) is 5.91 Å². The maximum atomic E-state index is 12.0. The van der Waals surface area contributed by atoms with Gasteiger partial charge < -0.3 is 20.7 Å². The van der Waals surface area contributed by atoms with Crippen molar-refractivity contribution >= 4 is 33.6 Å². The number of methoxy groups -OCH3 is 1. The van der Waals surface area contributed by atoms with Crippen LogP contribution in [0.15, 0.2) is 46.9 Å². The summed E-state index contributed by atoms with van der Waals surface area (Å²) in [6.07, 6.45) is 0. The number of ether oxygens (including phenoxy) is 1. The normalized spacial score (nSPS) is 11.4. The van der Waals surface area contributed by atoms with E-state index in [0.29, 0.717) is 11.4 Å². The summed E-state index contributed by atoms with van der Waals surface area (Å²) in [4.78, 5) is 24.1. The minimum absolute atomic E-state index is 0.125. The van der Waals surface area contributed by atoms with E-state index in [4.69, 9.17) is 4.74 Å². The van der Waals surface area contributed by atoms with Crippen molar-refractivity contribution in [2.45, 2.75) is 19.9 Å². The number of hydrogen-bond donors (Lipinski definition) is 3. The number of para-hydroxylation sites is 1. The van der Waals surface area contributed by atoms with Gasteiger partial charge in [0.25, 0.3) is 0 Å². The van der Waals surface area contributed by atoms with E-state index in [9.17, 15) is 9.59 Å². The van der Waals surface area contributed by atoms with Gasteiger partial charge in [-0.25, -0.2) is 4.79 Å². The average Bonchev–Trinajstić information content (AvgIpc) is 2.62. The van der Waals surface area contributed by atoms with E-state index in [0.717, 1.165) is 15.6 Å². The molecule has 0 aromatic heterocycles.